The van der Waals surface area contributed by atoms with Crippen LogP contribution in [0.5, 0.6) is 11.5 Å². The van der Waals surface area contributed by atoms with Gasteiger partial charge in [0.15, 0.2) is 0 Å². The number of fused-ring (bicyclic) bond motifs is 2. The number of nitrogens with two attached hydrogens (primary N) is 1. The fraction of sp³-hybridized carbons (Fsp3) is 0.294. The van der Waals surface area contributed by atoms with Crippen molar-refractivity contribution in [2.75, 3.05) is 5.73 Å². The molecule has 2 nitrogen and oxygen atoms in total. The molecular weight excluding hydrogens is 245 g/mol. The van der Waals surface area contributed by atoms with Crippen LogP contribution < -0.4 is 21.4 Å². The fourth-order valence-corrected chi connectivity index (χ4v) is 2.68. The molecule has 3 heteroatoms. The van der Waals surface area contributed by atoms with E-state index in [1.807, 2.05) is 13.0 Å². The van der Waals surface area contributed by atoms with Crippen LogP contribution in [0.2, 0.25) is 0 Å². The van der Waals surface area contributed by atoms with Crippen molar-refractivity contribution < 1.29 is 4.74 Å². The first-order valence-corrected chi connectivity index (χ1v) is 7.05. The minimum Gasteiger partial charge on any atom is -0.458 e. The van der Waals surface area contributed by atoms with Crippen LogP contribution in [0.3, 0.4) is 0 Å². The van der Waals surface area contributed by atoms with Crippen molar-refractivity contribution in [2.45, 2.75) is 33.1 Å². The highest BCUT2D eigenvalue weighted by atomic mass is 16.5. The van der Waals surface area contributed by atoms with E-state index in [0.717, 1.165) is 35.5 Å². The summed E-state index contributed by atoms with van der Waals surface area (Å²) in [5.74, 6) is 1.86. The Morgan fingerprint density at radius 1 is 1.05 bits per heavy atom. The van der Waals surface area contributed by atoms with Crippen molar-refractivity contribution >= 4 is 23.9 Å². The molecule has 102 valence electrons. The largest absolute Gasteiger partial charge is 0.458 e. The van der Waals surface area contributed by atoms with Crippen molar-refractivity contribution in [3.05, 3.63) is 41.5 Å². The fourth-order valence-electron chi connectivity index (χ4n) is 2.68. The van der Waals surface area contributed by atoms with Gasteiger partial charge in [0.2, 0.25) is 7.28 Å². The Morgan fingerprint density at radius 3 is 2.50 bits per heavy atom. The Bertz CT molecular complexity index is 686. The topological polar surface area (TPSA) is 35.2 Å². The lowest BCUT2D eigenvalue weighted by Crippen LogP contribution is -2.36. The molecule has 1 aliphatic heterocycles. The van der Waals surface area contributed by atoms with Crippen LogP contribution in [0.4, 0.5) is 5.69 Å². The highest BCUT2D eigenvalue weighted by Crippen LogP contribution is 2.28. The number of nitrogen functional groups attached to an aromatic ring is 1. The van der Waals surface area contributed by atoms with Crippen LogP contribution in [-0.4, -0.2) is 7.28 Å². The van der Waals surface area contributed by atoms with Gasteiger partial charge in [-0.1, -0.05) is 32.9 Å². The Kier molecular flexibility index (Phi) is 2.82. The van der Waals surface area contributed by atoms with Crippen molar-refractivity contribution in [2.24, 2.45) is 0 Å². The summed E-state index contributed by atoms with van der Waals surface area (Å²) in [4.78, 5) is 0. The van der Waals surface area contributed by atoms with Gasteiger partial charge < -0.3 is 10.5 Å². The molecule has 20 heavy (non-hydrogen) atoms. The van der Waals surface area contributed by atoms with E-state index < -0.39 is 0 Å². The van der Waals surface area contributed by atoms with Crippen LogP contribution in [0.1, 0.15) is 31.9 Å². The van der Waals surface area contributed by atoms with Crippen molar-refractivity contribution in [3.63, 3.8) is 0 Å². The third-order valence-electron chi connectivity index (χ3n) is 3.90. The molecule has 2 aromatic carbocycles. The van der Waals surface area contributed by atoms with E-state index in [-0.39, 0.29) is 5.41 Å². The monoisotopic (exact) mass is 265 g/mol. The maximum atomic E-state index is 6.14. The Morgan fingerprint density at radius 2 is 1.80 bits per heavy atom. The number of rotatable bonds is 0. The Balaban J connectivity index is 2.07. The van der Waals surface area contributed by atoms with Gasteiger partial charge in [-0.15, -0.1) is 0 Å². The summed E-state index contributed by atoms with van der Waals surface area (Å²) in [6, 6.07) is 10.6. The standard InChI is InChI=1S/C17H20BNO/c1-10-7-13(19)16-15(8-10)20-14-6-5-11(17(2,3)4)9-12(14)18-16/h5-9,18H,19H2,1-4H3. The van der Waals surface area contributed by atoms with E-state index in [4.69, 9.17) is 10.5 Å². The minimum atomic E-state index is 0.147. The summed E-state index contributed by atoms with van der Waals surface area (Å²) in [5.41, 5.74) is 11.9. The Labute approximate surface area is 121 Å². The summed E-state index contributed by atoms with van der Waals surface area (Å²) in [5, 5.41) is 0. The molecule has 0 unspecified atom stereocenters. The molecule has 0 aliphatic carbocycles. The van der Waals surface area contributed by atoms with Gasteiger partial charge in [0.25, 0.3) is 0 Å². The van der Waals surface area contributed by atoms with Gasteiger partial charge >= 0.3 is 0 Å². The molecule has 0 aromatic heterocycles. The SMILES string of the molecule is Cc1cc(N)c2c(c1)Oc1ccc(C(C)(C)C)cc1B2. The van der Waals surface area contributed by atoms with E-state index in [9.17, 15) is 0 Å². The highest BCUT2D eigenvalue weighted by Gasteiger charge is 2.23. The van der Waals surface area contributed by atoms with Crippen LogP contribution in [-0.2, 0) is 5.41 Å². The van der Waals surface area contributed by atoms with Crippen LogP contribution in [0, 0.1) is 6.92 Å². The van der Waals surface area contributed by atoms with Gasteiger partial charge in [-0.3, -0.25) is 0 Å². The van der Waals surface area contributed by atoms with E-state index in [1.54, 1.807) is 0 Å². The summed E-state index contributed by atoms with van der Waals surface area (Å²) in [7, 11) is 0.848. The Hall–Kier alpha value is -1.90. The van der Waals surface area contributed by atoms with E-state index in [2.05, 4.69) is 45.0 Å². The first kappa shape index (κ1) is 13.1. The predicted octanol–water partition coefficient (Wildman–Crippen LogP) is 2.37. The second kappa shape index (κ2) is 4.30. The number of aryl methyl sites for hydroxylation is 1. The lowest BCUT2D eigenvalue weighted by molar-refractivity contribution is 0.486. The maximum Gasteiger partial charge on any atom is 0.204 e. The van der Waals surface area contributed by atoms with Gasteiger partial charge in [-0.05, 0) is 52.6 Å². The third-order valence-corrected chi connectivity index (χ3v) is 3.90. The van der Waals surface area contributed by atoms with Gasteiger partial charge in [0.05, 0.1) is 0 Å². The third kappa shape index (κ3) is 2.17. The lowest BCUT2D eigenvalue weighted by atomic mass is 9.60. The normalized spacial score (nSPS) is 13.0. The smallest absolute Gasteiger partial charge is 0.204 e. The van der Waals surface area contributed by atoms with E-state index >= 15 is 0 Å². The minimum absolute atomic E-state index is 0.147. The lowest BCUT2D eigenvalue weighted by Gasteiger charge is -2.25. The van der Waals surface area contributed by atoms with E-state index in [1.165, 1.54) is 11.0 Å². The van der Waals surface area contributed by atoms with Gasteiger partial charge in [0, 0.05) is 5.69 Å². The molecular formula is C17H20BNO. The summed E-state index contributed by atoms with van der Waals surface area (Å²) in [6.07, 6.45) is 0. The number of hydrogen-bond acceptors (Lipinski definition) is 2. The van der Waals surface area contributed by atoms with Gasteiger partial charge in [-0.25, -0.2) is 0 Å². The molecule has 0 saturated heterocycles. The quantitative estimate of drug-likeness (QED) is 0.500. The van der Waals surface area contributed by atoms with E-state index in [0.29, 0.717) is 0 Å². The highest BCUT2D eigenvalue weighted by molar-refractivity contribution is 6.71. The number of benzene rings is 2. The molecule has 0 radical (unpaired) electrons. The summed E-state index contributed by atoms with van der Waals surface area (Å²) < 4.78 is 6.03. The average Bonchev–Trinajstić information content (AvgIpc) is 2.35. The summed E-state index contributed by atoms with van der Waals surface area (Å²) >= 11 is 0. The molecule has 0 amide bonds. The molecule has 1 heterocycles. The second-order valence-corrected chi connectivity index (χ2v) is 6.68. The molecule has 0 saturated carbocycles. The van der Waals surface area contributed by atoms with Crippen LogP contribution in [0.25, 0.3) is 0 Å². The summed E-state index contributed by atoms with van der Waals surface area (Å²) in [6.45, 7) is 8.72. The van der Waals surface area contributed by atoms with Crippen LogP contribution >= 0.6 is 0 Å². The van der Waals surface area contributed by atoms with Crippen molar-refractivity contribution in [3.8, 4) is 11.5 Å². The number of ether oxygens (including phenoxy) is 1. The molecule has 0 fully saturated rings. The van der Waals surface area contributed by atoms with Crippen LogP contribution in [0.15, 0.2) is 30.3 Å². The van der Waals surface area contributed by atoms with Crippen molar-refractivity contribution in [1.82, 2.24) is 0 Å². The first-order chi connectivity index (χ1) is 9.34. The second-order valence-electron chi connectivity index (χ2n) is 6.68. The molecule has 1 aliphatic rings. The molecule has 0 bridgehead atoms. The number of anilines is 1. The predicted molar refractivity (Wildman–Crippen MR) is 87.2 cm³/mol. The molecule has 2 N–H and O–H groups in total. The number of hydrogen-bond donors (Lipinski definition) is 1. The zero-order valence-corrected chi connectivity index (χ0v) is 12.6. The molecule has 3 rings (SSSR count). The molecule has 0 spiro atoms. The van der Waals surface area contributed by atoms with Gasteiger partial charge in [0.1, 0.15) is 11.5 Å². The molecule has 2 aromatic rings. The zero-order chi connectivity index (χ0) is 14.5. The van der Waals surface area contributed by atoms with Gasteiger partial charge in [-0.2, -0.15) is 0 Å². The van der Waals surface area contributed by atoms with Crippen molar-refractivity contribution in [1.29, 1.82) is 0 Å². The first-order valence-electron chi connectivity index (χ1n) is 7.05. The zero-order valence-electron chi connectivity index (χ0n) is 12.6. The molecule has 0 atom stereocenters. The average molecular weight is 265 g/mol. The maximum absolute atomic E-state index is 6.14.